The Labute approximate surface area is 185 Å². The Hall–Kier alpha value is -3.20. The smallest absolute Gasteiger partial charge is 0.269 e. The van der Waals surface area contributed by atoms with Crippen LogP contribution in [0.15, 0.2) is 36.5 Å². The average molecular weight is 442 g/mol. The van der Waals surface area contributed by atoms with Crippen molar-refractivity contribution in [2.45, 2.75) is 45.1 Å². The molecule has 4 N–H and O–H groups in total. The van der Waals surface area contributed by atoms with Crippen LogP contribution in [0.1, 0.15) is 49.5 Å². The molecule has 8 nitrogen and oxygen atoms in total. The lowest BCUT2D eigenvalue weighted by molar-refractivity contribution is -0.119. The van der Waals surface area contributed by atoms with Crippen molar-refractivity contribution in [3.05, 3.63) is 42.2 Å². The second kappa shape index (κ2) is 10.7. The number of thiazole rings is 1. The Morgan fingerprint density at radius 2 is 1.87 bits per heavy atom. The molecule has 0 bridgehead atoms. The number of nitrogens with zero attached hydrogens (tertiary/aromatic N) is 2. The fourth-order valence-corrected chi connectivity index (χ4v) is 4.15. The first-order valence-corrected chi connectivity index (χ1v) is 11.1. The van der Waals surface area contributed by atoms with Gasteiger partial charge in [-0.2, -0.15) is 0 Å². The topological polar surface area (TPSA) is 119 Å². The van der Waals surface area contributed by atoms with Crippen LogP contribution >= 0.6 is 11.3 Å². The van der Waals surface area contributed by atoms with Crippen LogP contribution in [0.4, 0.5) is 5.13 Å². The van der Waals surface area contributed by atoms with E-state index in [-0.39, 0.29) is 11.8 Å². The molecule has 0 spiro atoms. The molecule has 0 aliphatic heterocycles. The minimum atomic E-state index is -0.258. The van der Waals surface area contributed by atoms with Gasteiger partial charge in [0.25, 0.3) is 5.91 Å². The Morgan fingerprint density at radius 3 is 2.58 bits per heavy atom. The number of amides is 2. The highest BCUT2D eigenvalue weighted by molar-refractivity contribution is 7.22. The van der Waals surface area contributed by atoms with E-state index < -0.39 is 0 Å². The van der Waals surface area contributed by atoms with Crippen molar-refractivity contribution in [3.63, 3.8) is 0 Å². The van der Waals surface area contributed by atoms with Crippen LogP contribution in [0, 0.1) is 0 Å². The van der Waals surface area contributed by atoms with Crippen molar-refractivity contribution in [3.8, 4) is 11.5 Å². The van der Waals surface area contributed by atoms with Crippen LogP contribution in [0.5, 0.6) is 11.5 Å². The van der Waals surface area contributed by atoms with E-state index in [1.165, 1.54) is 49.6 Å². The molecule has 1 aliphatic rings. The monoisotopic (exact) mass is 441 g/mol. The maximum Gasteiger partial charge on any atom is 0.269 e. The third-order valence-electron chi connectivity index (χ3n) is 4.82. The lowest BCUT2D eigenvalue weighted by Gasteiger charge is -2.21. The van der Waals surface area contributed by atoms with E-state index in [1.54, 1.807) is 26.1 Å². The highest BCUT2D eigenvalue weighted by Gasteiger charge is 2.13. The fraction of sp³-hybridized carbons (Fsp3) is 0.364. The van der Waals surface area contributed by atoms with Gasteiger partial charge < -0.3 is 21.1 Å². The van der Waals surface area contributed by atoms with Crippen LogP contribution in [-0.4, -0.2) is 34.9 Å². The van der Waals surface area contributed by atoms with Gasteiger partial charge in [-0.1, -0.05) is 30.6 Å². The number of aromatic nitrogens is 2. The first-order valence-electron chi connectivity index (χ1n) is 10.2. The lowest BCUT2D eigenvalue weighted by atomic mass is 9.95. The maximum absolute atomic E-state index is 11.5. The number of pyridine rings is 1. The van der Waals surface area contributed by atoms with Gasteiger partial charge in [0, 0.05) is 38.3 Å². The quantitative estimate of drug-likeness (QED) is 0.565. The van der Waals surface area contributed by atoms with Gasteiger partial charge in [0.15, 0.2) is 5.13 Å². The van der Waals surface area contributed by atoms with Crippen molar-refractivity contribution in [2.75, 3.05) is 12.8 Å². The number of fused-ring (bicyclic) bond motifs is 1. The zero-order chi connectivity index (χ0) is 22.2. The average Bonchev–Trinajstić information content (AvgIpc) is 3.13. The molecule has 31 heavy (non-hydrogen) atoms. The molecule has 4 rings (SSSR count). The summed E-state index contributed by atoms with van der Waals surface area (Å²) in [4.78, 5) is 30.3. The number of nitrogens with one attached hydrogen (secondary N) is 2. The first-order chi connectivity index (χ1) is 14.9. The van der Waals surface area contributed by atoms with E-state index in [4.69, 9.17) is 10.5 Å². The molecule has 1 aromatic carbocycles. The number of carbonyl (C=O) groups is 2. The summed E-state index contributed by atoms with van der Waals surface area (Å²) in [6.45, 7) is 1.59. The predicted molar refractivity (Wildman–Crippen MR) is 122 cm³/mol. The van der Waals surface area contributed by atoms with Gasteiger partial charge in [0.1, 0.15) is 17.2 Å². The van der Waals surface area contributed by atoms with Gasteiger partial charge in [-0.05, 0) is 31.0 Å². The van der Waals surface area contributed by atoms with Gasteiger partial charge in [0.05, 0.1) is 10.2 Å². The summed E-state index contributed by atoms with van der Waals surface area (Å²) < 4.78 is 6.70. The molecule has 9 heteroatoms. The summed E-state index contributed by atoms with van der Waals surface area (Å²) in [5, 5.41) is 5.99. The van der Waals surface area contributed by atoms with Crippen LogP contribution in [0.2, 0.25) is 0 Å². The summed E-state index contributed by atoms with van der Waals surface area (Å²) in [7, 11) is 1.56. The van der Waals surface area contributed by atoms with Gasteiger partial charge in [-0.3, -0.25) is 14.6 Å². The third kappa shape index (κ3) is 6.65. The van der Waals surface area contributed by atoms with E-state index in [9.17, 15) is 9.59 Å². The molecule has 0 radical (unpaired) electrons. The number of rotatable bonds is 4. The summed E-state index contributed by atoms with van der Waals surface area (Å²) in [5.74, 6) is 1.05. The number of hydrogen-bond acceptors (Lipinski definition) is 7. The minimum absolute atomic E-state index is 0.118. The largest absolute Gasteiger partial charge is 0.457 e. The number of ether oxygens (including phenoxy) is 1. The van der Waals surface area contributed by atoms with Crippen LogP contribution in [-0.2, 0) is 4.79 Å². The maximum atomic E-state index is 11.5. The van der Waals surface area contributed by atoms with Crippen molar-refractivity contribution in [2.24, 2.45) is 0 Å². The lowest BCUT2D eigenvalue weighted by Crippen LogP contribution is -2.34. The normalized spacial score (nSPS) is 13.7. The summed E-state index contributed by atoms with van der Waals surface area (Å²) in [6, 6.07) is 9.27. The van der Waals surface area contributed by atoms with E-state index >= 15 is 0 Å². The zero-order valence-electron chi connectivity index (χ0n) is 17.7. The molecule has 2 heterocycles. The Balaban J connectivity index is 0.000000229. The van der Waals surface area contributed by atoms with Gasteiger partial charge >= 0.3 is 0 Å². The van der Waals surface area contributed by atoms with Crippen LogP contribution in [0.3, 0.4) is 0 Å². The van der Waals surface area contributed by atoms with Gasteiger partial charge in [-0.15, -0.1) is 0 Å². The number of nitrogen functional groups attached to an aromatic ring is 1. The first kappa shape index (κ1) is 22.5. The van der Waals surface area contributed by atoms with E-state index in [1.807, 2.05) is 18.2 Å². The van der Waals surface area contributed by atoms with Crippen molar-refractivity contribution < 1.29 is 14.3 Å². The highest BCUT2D eigenvalue weighted by atomic mass is 32.1. The molecule has 1 aliphatic carbocycles. The Kier molecular flexibility index (Phi) is 7.77. The van der Waals surface area contributed by atoms with E-state index in [0.29, 0.717) is 28.4 Å². The van der Waals surface area contributed by atoms with E-state index in [0.717, 1.165) is 10.2 Å². The zero-order valence-corrected chi connectivity index (χ0v) is 18.5. The van der Waals surface area contributed by atoms with Crippen molar-refractivity contribution in [1.82, 2.24) is 20.6 Å². The van der Waals surface area contributed by atoms with Crippen LogP contribution in [0.25, 0.3) is 10.2 Å². The van der Waals surface area contributed by atoms with Gasteiger partial charge in [-0.25, -0.2) is 4.98 Å². The summed E-state index contributed by atoms with van der Waals surface area (Å²) >= 11 is 1.40. The Morgan fingerprint density at radius 1 is 1.13 bits per heavy atom. The fourth-order valence-electron chi connectivity index (χ4n) is 3.38. The number of nitrogens with two attached hydrogens (primary N) is 1. The second-order valence-electron chi connectivity index (χ2n) is 7.28. The van der Waals surface area contributed by atoms with E-state index in [2.05, 4.69) is 20.6 Å². The summed E-state index contributed by atoms with van der Waals surface area (Å²) in [5.41, 5.74) is 6.82. The molecule has 2 amide bonds. The SMILES string of the molecule is CC(=O)NC1CCCCC1.CNC(=O)c1cc(Oc2ccc3nc(N)sc3c2)ccn1. The molecular formula is C22H27N5O3S. The highest BCUT2D eigenvalue weighted by Crippen LogP contribution is 2.30. The number of benzene rings is 1. The molecular weight excluding hydrogens is 414 g/mol. The molecule has 164 valence electrons. The second-order valence-corrected chi connectivity index (χ2v) is 8.34. The molecule has 3 aromatic rings. The number of carbonyl (C=O) groups excluding carboxylic acids is 2. The molecule has 0 saturated heterocycles. The Bertz CT molecular complexity index is 1050. The standard InChI is InChI=1S/C14H12N4O2S.C8H15NO/c1-16-13(19)11-6-9(4-5-17-11)20-8-2-3-10-12(7-8)21-14(15)18-10;1-7(10)9-8-5-3-2-4-6-8/h2-7H,1H3,(H2,15,18)(H,16,19);8H,2-6H2,1H3,(H,9,10). The van der Waals surface area contributed by atoms with Crippen molar-refractivity contribution >= 4 is 38.5 Å². The molecule has 0 atom stereocenters. The van der Waals surface area contributed by atoms with Gasteiger partial charge in [0.2, 0.25) is 5.91 Å². The number of hydrogen-bond donors (Lipinski definition) is 3. The molecule has 0 unspecified atom stereocenters. The minimum Gasteiger partial charge on any atom is -0.457 e. The summed E-state index contributed by atoms with van der Waals surface area (Å²) in [6.07, 6.45) is 7.80. The molecule has 1 fully saturated rings. The van der Waals surface area contributed by atoms with Crippen molar-refractivity contribution in [1.29, 1.82) is 0 Å². The predicted octanol–water partition coefficient (Wildman–Crippen LogP) is 3.88. The number of anilines is 1. The van der Waals surface area contributed by atoms with Crippen LogP contribution < -0.4 is 21.1 Å². The molecule has 2 aromatic heterocycles. The molecule has 1 saturated carbocycles. The third-order valence-corrected chi connectivity index (χ3v) is 5.66.